The van der Waals surface area contributed by atoms with E-state index in [2.05, 4.69) is 15.2 Å². The van der Waals surface area contributed by atoms with Crippen LogP contribution in [-0.2, 0) is 18.5 Å². The van der Waals surface area contributed by atoms with E-state index in [0.717, 1.165) is 17.7 Å². The molecular formula is C26H21F3N4O2S. The second-order valence-electron chi connectivity index (χ2n) is 7.89. The molecule has 0 N–H and O–H groups in total. The van der Waals surface area contributed by atoms with Crippen molar-refractivity contribution in [2.45, 2.75) is 30.6 Å². The molecule has 0 saturated carbocycles. The van der Waals surface area contributed by atoms with E-state index in [1.165, 1.54) is 17.8 Å². The van der Waals surface area contributed by atoms with E-state index in [1.807, 2.05) is 66.1 Å². The third-order valence-electron chi connectivity index (χ3n) is 5.43. The standard InChI is InChI=1S/C26H21F3N4O2S/c1-2-34-22-11-7-6-10-19(22)24-32-31-23(35-24)16-36-25-30-20-14-18(26(27,28)29)12-13-21(20)33(25)15-17-8-4-3-5-9-17/h3-14H,2,15-16H2,1H3. The van der Waals surface area contributed by atoms with Crippen molar-refractivity contribution in [2.24, 2.45) is 0 Å². The Bertz CT molecular complexity index is 1480. The van der Waals surface area contributed by atoms with Gasteiger partial charge in [-0.1, -0.05) is 54.2 Å². The number of alkyl halides is 3. The first-order chi connectivity index (χ1) is 17.4. The number of rotatable bonds is 8. The zero-order valence-corrected chi connectivity index (χ0v) is 20.0. The highest BCUT2D eigenvalue weighted by Crippen LogP contribution is 2.34. The summed E-state index contributed by atoms with van der Waals surface area (Å²) in [6.45, 7) is 2.86. The molecule has 5 rings (SSSR count). The summed E-state index contributed by atoms with van der Waals surface area (Å²) in [6.07, 6.45) is -4.44. The lowest BCUT2D eigenvalue weighted by molar-refractivity contribution is -0.137. The number of fused-ring (bicyclic) bond motifs is 1. The van der Waals surface area contributed by atoms with Crippen LogP contribution in [0.25, 0.3) is 22.5 Å². The van der Waals surface area contributed by atoms with Gasteiger partial charge in [0.15, 0.2) is 5.16 Å². The number of benzene rings is 3. The Balaban J connectivity index is 1.44. The molecule has 36 heavy (non-hydrogen) atoms. The molecule has 184 valence electrons. The molecule has 5 aromatic rings. The van der Waals surface area contributed by atoms with Crippen LogP contribution in [0.2, 0.25) is 0 Å². The molecule has 0 unspecified atom stereocenters. The molecule has 0 aliphatic heterocycles. The van der Waals surface area contributed by atoms with Gasteiger partial charge in [0.2, 0.25) is 5.89 Å². The smallest absolute Gasteiger partial charge is 0.416 e. The summed E-state index contributed by atoms with van der Waals surface area (Å²) in [6, 6.07) is 20.7. The Morgan fingerprint density at radius 3 is 2.53 bits per heavy atom. The van der Waals surface area contributed by atoms with Crippen LogP contribution in [-0.4, -0.2) is 26.4 Å². The lowest BCUT2D eigenvalue weighted by Crippen LogP contribution is -2.05. The van der Waals surface area contributed by atoms with Crippen LogP contribution >= 0.6 is 11.8 Å². The van der Waals surface area contributed by atoms with Crippen molar-refractivity contribution in [3.05, 3.63) is 89.8 Å². The van der Waals surface area contributed by atoms with Crippen LogP contribution < -0.4 is 4.74 Å². The monoisotopic (exact) mass is 510 g/mol. The summed E-state index contributed by atoms with van der Waals surface area (Å²) >= 11 is 1.32. The van der Waals surface area contributed by atoms with E-state index < -0.39 is 11.7 Å². The fourth-order valence-electron chi connectivity index (χ4n) is 3.78. The van der Waals surface area contributed by atoms with Gasteiger partial charge in [0.1, 0.15) is 5.75 Å². The van der Waals surface area contributed by atoms with Gasteiger partial charge in [0, 0.05) is 0 Å². The van der Waals surface area contributed by atoms with Crippen molar-refractivity contribution in [1.29, 1.82) is 0 Å². The van der Waals surface area contributed by atoms with Gasteiger partial charge in [0.25, 0.3) is 5.89 Å². The number of nitrogens with zero attached hydrogens (tertiary/aromatic N) is 4. The predicted octanol–water partition coefficient (Wildman–Crippen LogP) is 6.84. The Morgan fingerprint density at radius 1 is 0.972 bits per heavy atom. The van der Waals surface area contributed by atoms with Crippen molar-refractivity contribution in [1.82, 2.24) is 19.7 Å². The van der Waals surface area contributed by atoms with Crippen LogP contribution in [0.4, 0.5) is 13.2 Å². The Hall–Kier alpha value is -3.79. The minimum absolute atomic E-state index is 0.278. The molecule has 0 atom stereocenters. The second-order valence-corrected chi connectivity index (χ2v) is 8.83. The van der Waals surface area contributed by atoms with E-state index in [1.54, 1.807) is 0 Å². The van der Waals surface area contributed by atoms with E-state index in [0.29, 0.717) is 52.7 Å². The van der Waals surface area contributed by atoms with Crippen molar-refractivity contribution < 1.29 is 22.3 Å². The Labute approximate surface area is 209 Å². The van der Waals surface area contributed by atoms with Gasteiger partial charge in [-0.05, 0) is 42.8 Å². The van der Waals surface area contributed by atoms with Gasteiger partial charge in [-0.15, -0.1) is 10.2 Å². The normalized spacial score (nSPS) is 11.8. The van der Waals surface area contributed by atoms with E-state index >= 15 is 0 Å². The second kappa shape index (κ2) is 10.1. The number of hydrogen-bond donors (Lipinski definition) is 0. The minimum atomic E-state index is -4.44. The van der Waals surface area contributed by atoms with Crippen LogP contribution in [0.5, 0.6) is 5.75 Å². The maximum absolute atomic E-state index is 13.3. The first-order valence-electron chi connectivity index (χ1n) is 11.2. The highest BCUT2D eigenvalue weighted by Gasteiger charge is 2.31. The first-order valence-corrected chi connectivity index (χ1v) is 12.2. The first kappa shape index (κ1) is 23.9. The number of hydrogen-bond acceptors (Lipinski definition) is 6. The largest absolute Gasteiger partial charge is 0.493 e. The lowest BCUT2D eigenvalue weighted by atomic mass is 10.2. The highest BCUT2D eigenvalue weighted by molar-refractivity contribution is 7.98. The molecule has 0 saturated heterocycles. The molecule has 0 aliphatic rings. The van der Waals surface area contributed by atoms with E-state index in [9.17, 15) is 13.2 Å². The summed E-state index contributed by atoms with van der Waals surface area (Å²) in [5.41, 5.74) is 1.86. The van der Waals surface area contributed by atoms with E-state index in [-0.39, 0.29) is 5.52 Å². The van der Waals surface area contributed by atoms with E-state index in [4.69, 9.17) is 9.15 Å². The minimum Gasteiger partial charge on any atom is -0.493 e. The fourth-order valence-corrected chi connectivity index (χ4v) is 4.64. The molecule has 0 bridgehead atoms. The number of ether oxygens (including phenoxy) is 1. The van der Waals surface area contributed by atoms with Crippen molar-refractivity contribution in [3.8, 4) is 17.2 Å². The molecule has 0 aliphatic carbocycles. The van der Waals surface area contributed by atoms with Crippen molar-refractivity contribution >= 4 is 22.8 Å². The number of para-hydroxylation sites is 1. The molecule has 2 heterocycles. The number of halogens is 3. The topological polar surface area (TPSA) is 66.0 Å². The van der Waals surface area contributed by atoms with Crippen molar-refractivity contribution in [3.63, 3.8) is 0 Å². The molecule has 0 spiro atoms. The van der Waals surface area contributed by atoms with Gasteiger partial charge in [-0.25, -0.2) is 4.98 Å². The summed E-state index contributed by atoms with van der Waals surface area (Å²) in [5, 5.41) is 8.85. The summed E-state index contributed by atoms with van der Waals surface area (Å²) in [4.78, 5) is 4.52. The molecule has 3 aromatic carbocycles. The van der Waals surface area contributed by atoms with Crippen molar-refractivity contribution in [2.75, 3.05) is 6.61 Å². The zero-order valence-electron chi connectivity index (χ0n) is 19.2. The number of imidazole rings is 1. The average molecular weight is 511 g/mol. The molecule has 2 aromatic heterocycles. The predicted molar refractivity (Wildman–Crippen MR) is 131 cm³/mol. The maximum atomic E-state index is 13.3. The van der Waals surface area contributed by atoms with Gasteiger partial charge in [-0.3, -0.25) is 0 Å². The van der Waals surface area contributed by atoms with Crippen LogP contribution in [0.3, 0.4) is 0 Å². The van der Waals surface area contributed by atoms with Gasteiger partial charge >= 0.3 is 6.18 Å². The maximum Gasteiger partial charge on any atom is 0.416 e. The number of aromatic nitrogens is 4. The number of thioether (sulfide) groups is 1. The van der Waals surface area contributed by atoms with Crippen LogP contribution in [0.1, 0.15) is 23.9 Å². The average Bonchev–Trinajstić information content (AvgIpc) is 3.48. The Morgan fingerprint density at radius 2 is 1.75 bits per heavy atom. The Kier molecular flexibility index (Phi) is 6.69. The molecule has 0 radical (unpaired) electrons. The molecule has 0 fully saturated rings. The fraction of sp³-hybridized carbons (Fsp3) is 0.192. The summed E-state index contributed by atoms with van der Waals surface area (Å²) in [5.74, 6) is 1.65. The lowest BCUT2D eigenvalue weighted by Gasteiger charge is -2.09. The zero-order chi connectivity index (χ0) is 25.1. The molecule has 0 amide bonds. The summed E-state index contributed by atoms with van der Waals surface area (Å²) < 4.78 is 53.3. The van der Waals surface area contributed by atoms with Gasteiger partial charge < -0.3 is 13.7 Å². The highest BCUT2D eigenvalue weighted by atomic mass is 32.2. The molecular weight excluding hydrogens is 489 g/mol. The molecule has 6 nitrogen and oxygen atoms in total. The summed E-state index contributed by atoms with van der Waals surface area (Å²) in [7, 11) is 0. The van der Waals surface area contributed by atoms with Crippen LogP contribution in [0.15, 0.2) is 82.4 Å². The molecule has 10 heteroatoms. The third kappa shape index (κ3) is 5.08. The SMILES string of the molecule is CCOc1ccccc1-c1nnc(CSc2nc3cc(C(F)(F)F)ccc3n2Cc2ccccc2)o1. The van der Waals surface area contributed by atoms with Gasteiger partial charge in [0.05, 0.1) is 41.1 Å². The third-order valence-corrected chi connectivity index (χ3v) is 6.39. The quantitative estimate of drug-likeness (QED) is 0.213. The van der Waals surface area contributed by atoms with Crippen LogP contribution in [0, 0.1) is 0 Å². The van der Waals surface area contributed by atoms with Gasteiger partial charge in [-0.2, -0.15) is 13.2 Å².